The van der Waals surface area contributed by atoms with Crippen molar-refractivity contribution in [2.45, 2.75) is 6.10 Å². The van der Waals surface area contributed by atoms with Gasteiger partial charge in [-0.2, -0.15) is 0 Å². The molecule has 0 radical (unpaired) electrons. The molecule has 3 heteroatoms. The molecule has 3 nitrogen and oxygen atoms in total. The molecule has 0 saturated heterocycles. The van der Waals surface area contributed by atoms with E-state index in [1.165, 1.54) is 0 Å². The minimum absolute atomic E-state index is 0.324. The number of ether oxygens (including phenoxy) is 1. The summed E-state index contributed by atoms with van der Waals surface area (Å²) in [4.78, 5) is 0. The van der Waals surface area contributed by atoms with E-state index in [-0.39, 0.29) is 6.61 Å². The topological polar surface area (TPSA) is 49.7 Å². The summed E-state index contributed by atoms with van der Waals surface area (Å²) >= 11 is 0. The van der Waals surface area contributed by atoms with Crippen molar-refractivity contribution in [3.05, 3.63) is 60.2 Å². The van der Waals surface area contributed by atoms with Crippen LogP contribution in [0.1, 0.15) is 11.7 Å². The fourth-order valence-electron chi connectivity index (χ4n) is 1.56. The smallest absolute Gasteiger partial charge is 0.133 e. The molecule has 2 aromatic carbocycles. The molecule has 88 valence electrons. The van der Waals surface area contributed by atoms with Gasteiger partial charge >= 0.3 is 0 Å². The van der Waals surface area contributed by atoms with Gasteiger partial charge < -0.3 is 14.9 Å². The van der Waals surface area contributed by atoms with Gasteiger partial charge in [0.05, 0.1) is 6.61 Å². The minimum atomic E-state index is -0.921. The number of rotatable bonds is 4. The fraction of sp³-hybridized carbons (Fsp3) is 0.143. The molecular formula is C14H14O3. The predicted octanol–water partition coefficient (Wildman–Crippen LogP) is 2.50. The van der Waals surface area contributed by atoms with Crippen LogP contribution in [-0.2, 0) is 0 Å². The predicted molar refractivity (Wildman–Crippen MR) is 65.0 cm³/mol. The third kappa shape index (κ3) is 2.84. The molecule has 2 N–H and O–H groups in total. The molecule has 1 atom stereocenters. The molecule has 0 aliphatic heterocycles. The Labute approximate surface area is 99.9 Å². The second-order valence-electron chi connectivity index (χ2n) is 3.65. The van der Waals surface area contributed by atoms with Crippen LogP contribution < -0.4 is 4.74 Å². The summed E-state index contributed by atoms with van der Waals surface area (Å²) in [6.07, 6.45) is -0.921. The normalized spacial score (nSPS) is 12.1. The molecule has 0 amide bonds. The fourth-order valence-corrected chi connectivity index (χ4v) is 1.56. The highest BCUT2D eigenvalue weighted by Crippen LogP contribution is 2.29. The zero-order valence-electron chi connectivity index (χ0n) is 9.28. The van der Waals surface area contributed by atoms with Crippen molar-refractivity contribution in [2.24, 2.45) is 0 Å². The molecule has 2 aromatic rings. The van der Waals surface area contributed by atoms with E-state index in [1.807, 2.05) is 36.4 Å². The molecule has 0 fully saturated rings. The standard InChI is InChI=1S/C14H14O3/c15-10-13(16)12-8-4-5-9-14(12)17-11-6-2-1-3-7-11/h1-9,13,15-16H,10H2. The summed E-state index contributed by atoms with van der Waals surface area (Å²) in [5, 5.41) is 18.6. The molecule has 0 aliphatic rings. The van der Waals surface area contributed by atoms with Gasteiger partial charge in [-0.05, 0) is 18.2 Å². The van der Waals surface area contributed by atoms with Gasteiger partial charge in [0.15, 0.2) is 0 Å². The van der Waals surface area contributed by atoms with E-state index in [4.69, 9.17) is 9.84 Å². The summed E-state index contributed by atoms with van der Waals surface area (Å²) < 4.78 is 5.66. The Bertz CT molecular complexity index is 468. The van der Waals surface area contributed by atoms with Crippen molar-refractivity contribution in [1.82, 2.24) is 0 Å². The zero-order chi connectivity index (χ0) is 12.1. The molecule has 1 unspecified atom stereocenters. The van der Waals surface area contributed by atoms with Crippen molar-refractivity contribution in [3.8, 4) is 11.5 Å². The van der Waals surface area contributed by atoms with Crippen molar-refractivity contribution in [1.29, 1.82) is 0 Å². The first-order valence-electron chi connectivity index (χ1n) is 5.42. The Morgan fingerprint density at radius 3 is 2.29 bits per heavy atom. The van der Waals surface area contributed by atoms with Crippen molar-refractivity contribution >= 4 is 0 Å². The lowest BCUT2D eigenvalue weighted by Gasteiger charge is -2.14. The van der Waals surface area contributed by atoms with Crippen molar-refractivity contribution in [3.63, 3.8) is 0 Å². The van der Waals surface area contributed by atoms with Crippen molar-refractivity contribution in [2.75, 3.05) is 6.61 Å². The Hall–Kier alpha value is -1.84. The van der Waals surface area contributed by atoms with E-state index >= 15 is 0 Å². The van der Waals surface area contributed by atoms with Crippen LogP contribution in [0, 0.1) is 0 Å². The van der Waals surface area contributed by atoms with Crippen molar-refractivity contribution < 1.29 is 14.9 Å². The summed E-state index contributed by atoms with van der Waals surface area (Å²) in [5.74, 6) is 1.25. The summed E-state index contributed by atoms with van der Waals surface area (Å²) in [6, 6.07) is 16.4. The highest BCUT2D eigenvalue weighted by atomic mass is 16.5. The maximum atomic E-state index is 9.66. The van der Waals surface area contributed by atoms with Gasteiger partial charge in [0.1, 0.15) is 17.6 Å². The Morgan fingerprint density at radius 2 is 1.59 bits per heavy atom. The molecule has 0 aliphatic carbocycles. The van der Waals surface area contributed by atoms with Crippen LogP contribution in [0.4, 0.5) is 0 Å². The highest BCUT2D eigenvalue weighted by Gasteiger charge is 2.12. The summed E-state index contributed by atoms with van der Waals surface area (Å²) in [5.41, 5.74) is 0.582. The summed E-state index contributed by atoms with van der Waals surface area (Å²) in [7, 11) is 0. The average molecular weight is 230 g/mol. The number of aliphatic hydroxyl groups is 2. The van der Waals surface area contributed by atoms with Crippen LogP contribution in [0.15, 0.2) is 54.6 Å². The van der Waals surface area contributed by atoms with Gasteiger partial charge in [-0.15, -0.1) is 0 Å². The minimum Gasteiger partial charge on any atom is -0.457 e. The summed E-state index contributed by atoms with van der Waals surface area (Å²) in [6.45, 7) is -0.324. The Balaban J connectivity index is 2.27. The molecule has 0 aromatic heterocycles. The first-order chi connectivity index (χ1) is 8.31. The lowest BCUT2D eigenvalue weighted by molar-refractivity contribution is 0.0938. The number of benzene rings is 2. The van der Waals surface area contributed by atoms with Crippen LogP contribution in [-0.4, -0.2) is 16.8 Å². The second-order valence-corrected chi connectivity index (χ2v) is 3.65. The lowest BCUT2D eigenvalue weighted by Crippen LogP contribution is -2.04. The van der Waals surface area contributed by atoms with Crippen LogP contribution in [0.3, 0.4) is 0 Å². The molecule has 2 rings (SSSR count). The molecule has 0 spiro atoms. The van der Waals surface area contributed by atoms with E-state index in [9.17, 15) is 5.11 Å². The van der Waals surface area contributed by atoms with E-state index in [0.717, 1.165) is 0 Å². The number of aliphatic hydroxyl groups excluding tert-OH is 2. The van der Waals surface area contributed by atoms with Gasteiger partial charge in [0.25, 0.3) is 0 Å². The third-order valence-corrected chi connectivity index (χ3v) is 2.42. The van der Waals surface area contributed by atoms with Gasteiger partial charge in [0, 0.05) is 5.56 Å². The molecule has 17 heavy (non-hydrogen) atoms. The van der Waals surface area contributed by atoms with E-state index in [2.05, 4.69) is 0 Å². The van der Waals surface area contributed by atoms with Crippen LogP contribution in [0.2, 0.25) is 0 Å². The van der Waals surface area contributed by atoms with Gasteiger partial charge in [-0.1, -0.05) is 36.4 Å². The average Bonchev–Trinajstić information content (AvgIpc) is 2.40. The number of para-hydroxylation sites is 2. The van der Waals surface area contributed by atoms with Crippen LogP contribution in [0.5, 0.6) is 11.5 Å². The first-order valence-corrected chi connectivity index (χ1v) is 5.42. The maximum Gasteiger partial charge on any atom is 0.133 e. The van der Waals surface area contributed by atoms with E-state index in [1.54, 1.807) is 18.2 Å². The zero-order valence-corrected chi connectivity index (χ0v) is 9.28. The molecular weight excluding hydrogens is 216 g/mol. The van der Waals surface area contributed by atoms with Gasteiger partial charge in [-0.25, -0.2) is 0 Å². The first kappa shape index (κ1) is 11.6. The quantitative estimate of drug-likeness (QED) is 0.848. The van der Waals surface area contributed by atoms with Gasteiger partial charge in [-0.3, -0.25) is 0 Å². The largest absolute Gasteiger partial charge is 0.457 e. The van der Waals surface area contributed by atoms with Crippen LogP contribution >= 0.6 is 0 Å². The third-order valence-electron chi connectivity index (χ3n) is 2.42. The van der Waals surface area contributed by atoms with Gasteiger partial charge in [0.2, 0.25) is 0 Å². The molecule has 0 saturated carbocycles. The monoisotopic (exact) mass is 230 g/mol. The lowest BCUT2D eigenvalue weighted by atomic mass is 10.1. The Morgan fingerprint density at radius 1 is 0.941 bits per heavy atom. The SMILES string of the molecule is OCC(O)c1ccccc1Oc1ccccc1. The highest BCUT2D eigenvalue weighted by molar-refractivity contribution is 5.39. The Kier molecular flexibility index (Phi) is 3.75. The van der Waals surface area contributed by atoms with E-state index in [0.29, 0.717) is 17.1 Å². The number of hydrogen-bond acceptors (Lipinski definition) is 3. The number of hydrogen-bond donors (Lipinski definition) is 2. The second kappa shape index (κ2) is 5.48. The van der Waals surface area contributed by atoms with Crippen LogP contribution in [0.25, 0.3) is 0 Å². The molecule has 0 bridgehead atoms. The van der Waals surface area contributed by atoms with E-state index < -0.39 is 6.10 Å². The molecule has 0 heterocycles. The maximum absolute atomic E-state index is 9.66.